The van der Waals surface area contributed by atoms with Crippen LogP contribution in [0.5, 0.6) is 0 Å². The Bertz CT molecular complexity index is 429. The third-order valence-corrected chi connectivity index (χ3v) is 3.65. The van der Waals surface area contributed by atoms with E-state index in [1.54, 1.807) is 5.56 Å². The zero-order chi connectivity index (χ0) is 11.0. The Kier molecular flexibility index (Phi) is 2.52. The molecule has 84 valence electrons. The van der Waals surface area contributed by atoms with Crippen LogP contribution in [0, 0.1) is 6.92 Å². The maximum absolute atomic E-state index is 4.60. The molecule has 0 aromatic carbocycles. The lowest BCUT2D eigenvalue weighted by molar-refractivity contribution is 0.459. The second-order valence-electron chi connectivity index (χ2n) is 4.87. The molecule has 0 amide bonds. The Hall–Kier alpha value is -1.15. The fourth-order valence-electron chi connectivity index (χ4n) is 2.88. The first-order valence-electron chi connectivity index (χ1n) is 6.22. The SMILES string of the molecule is Cc1cc(C2CCCNC2)c2c(n1)C=CC2. The quantitative estimate of drug-likeness (QED) is 0.776. The Morgan fingerprint density at radius 1 is 1.44 bits per heavy atom. The molecule has 1 saturated heterocycles. The number of nitrogens with one attached hydrogen (secondary N) is 1. The van der Waals surface area contributed by atoms with Crippen molar-refractivity contribution in [2.45, 2.75) is 32.1 Å². The highest BCUT2D eigenvalue weighted by molar-refractivity contribution is 5.59. The fraction of sp³-hybridized carbons (Fsp3) is 0.500. The number of aryl methyl sites for hydroxylation is 1. The Labute approximate surface area is 96.8 Å². The molecule has 2 aliphatic rings. The van der Waals surface area contributed by atoms with Gasteiger partial charge in [-0.25, -0.2) is 0 Å². The standard InChI is InChI=1S/C14H18N2/c1-10-8-13(11-4-3-7-15-9-11)12-5-2-6-14(12)16-10/h2,6,8,11,15H,3-5,7,9H2,1H3. The number of pyridine rings is 1. The van der Waals surface area contributed by atoms with Crippen molar-refractivity contribution < 1.29 is 0 Å². The summed E-state index contributed by atoms with van der Waals surface area (Å²) in [6, 6.07) is 2.30. The lowest BCUT2D eigenvalue weighted by atomic mass is 9.88. The zero-order valence-electron chi connectivity index (χ0n) is 9.79. The molecule has 1 N–H and O–H groups in total. The number of hydrogen-bond acceptors (Lipinski definition) is 2. The summed E-state index contributed by atoms with van der Waals surface area (Å²) in [6.45, 7) is 4.42. The van der Waals surface area contributed by atoms with Gasteiger partial charge in [0.15, 0.2) is 0 Å². The van der Waals surface area contributed by atoms with E-state index >= 15 is 0 Å². The van der Waals surface area contributed by atoms with Gasteiger partial charge in [-0.15, -0.1) is 0 Å². The fourth-order valence-corrected chi connectivity index (χ4v) is 2.88. The van der Waals surface area contributed by atoms with Gasteiger partial charge in [-0.05, 0) is 61.9 Å². The van der Waals surface area contributed by atoms with Crippen molar-refractivity contribution in [3.63, 3.8) is 0 Å². The number of fused-ring (bicyclic) bond motifs is 1. The van der Waals surface area contributed by atoms with Crippen molar-refractivity contribution in [3.05, 3.63) is 34.7 Å². The molecule has 0 bridgehead atoms. The van der Waals surface area contributed by atoms with Crippen molar-refractivity contribution in [2.75, 3.05) is 13.1 Å². The van der Waals surface area contributed by atoms with Gasteiger partial charge in [-0.1, -0.05) is 6.08 Å². The second-order valence-corrected chi connectivity index (χ2v) is 4.87. The summed E-state index contributed by atoms with van der Waals surface area (Å²) >= 11 is 0. The minimum absolute atomic E-state index is 0.698. The van der Waals surface area contributed by atoms with Crippen LogP contribution in [0.2, 0.25) is 0 Å². The van der Waals surface area contributed by atoms with Gasteiger partial charge in [-0.3, -0.25) is 4.98 Å². The van der Waals surface area contributed by atoms with Crippen molar-refractivity contribution in [2.24, 2.45) is 0 Å². The van der Waals surface area contributed by atoms with Gasteiger partial charge in [0.05, 0.1) is 5.69 Å². The van der Waals surface area contributed by atoms with E-state index in [0.29, 0.717) is 5.92 Å². The van der Waals surface area contributed by atoms with E-state index in [1.165, 1.54) is 30.6 Å². The lowest BCUT2D eigenvalue weighted by Gasteiger charge is -2.25. The van der Waals surface area contributed by atoms with Crippen LogP contribution in [0.4, 0.5) is 0 Å². The lowest BCUT2D eigenvalue weighted by Crippen LogP contribution is -2.29. The van der Waals surface area contributed by atoms with Crippen molar-refractivity contribution in [3.8, 4) is 0 Å². The first-order valence-corrected chi connectivity index (χ1v) is 6.22. The highest BCUT2D eigenvalue weighted by Gasteiger charge is 2.21. The third-order valence-electron chi connectivity index (χ3n) is 3.65. The molecule has 1 atom stereocenters. The molecule has 3 rings (SSSR count). The van der Waals surface area contributed by atoms with Crippen LogP contribution in [0.15, 0.2) is 12.1 Å². The highest BCUT2D eigenvalue weighted by Crippen LogP contribution is 2.31. The minimum Gasteiger partial charge on any atom is -0.316 e. The van der Waals surface area contributed by atoms with Crippen molar-refractivity contribution in [1.29, 1.82) is 0 Å². The smallest absolute Gasteiger partial charge is 0.0667 e. The van der Waals surface area contributed by atoms with E-state index in [9.17, 15) is 0 Å². The van der Waals surface area contributed by atoms with Crippen LogP contribution in [0.1, 0.15) is 41.3 Å². The van der Waals surface area contributed by atoms with Crippen LogP contribution in [-0.2, 0) is 6.42 Å². The highest BCUT2D eigenvalue weighted by atomic mass is 14.9. The molecule has 2 heteroatoms. The van der Waals surface area contributed by atoms with E-state index in [1.807, 2.05) is 0 Å². The molecule has 1 fully saturated rings. The molecule has 1 aliphatic carbocycles. The van der Waals surface area contributed by atoms with Crippen molar-refractivity contribution in [1.82, 2.24) is 10.3 Å². The van der Waals surface area contributed by atoms with Gasteiger partial charge in [0, 0.05) is 12.2 Å². The summed E-state index contributed by atoms with van der Waals surface area (Å²) in [4.78, 5) is 4.60. The molecule has 16 heavy (non-hydrogen) atoms. The van der Waals surface area contributed by atoms with Gasteiger partial charge in [0.1, 0.15) is 0 Å². The minimum atomic E-state index is 0.698. The molecule has 2 heterocycles. The molecule has 0 saturated carbocycles. The van der Waals surface area contributed by atoms with Crippen molar-refractivity contribution >= 4 is 6.08 Å². The molecule has 0 spiro atoms. The number of rotatable bonds is 1. The molecule has 0 radical (unpaired) electrons. The van der Waals surface area contributed by atoms with Crippen LogP contribution in [0.25, 0.3) is 6.08 Å². The Morgan fingerprint density at radius 3 is 3.19 bits per heavy atom. The van der Waals surface area contributed by atoms with Crippen LogP contribution < -0.4 is 5.32 Å². The largest absolute Gasteiger partial charge is 0.316 e. The number of piperidine rings is 1. The molecular weight excluding hydrogens is 196 g/mol. The van der Waals surface area contributed by atoms with E-state index in [2.05, 4.69) is 35.4 Å². The Morgan fingerprint density at radius 2 is 2.38 bits per heavy atom. The average molecular weight is 214 g/mol. The summed E-state index contributed by atoms with van der Waals surface area (Å²) in [5.74, 6) is 0.698. The third kappa shape index (κ3) is 1.67. The topological polar surface area (TPSA) is 24.9 Å². The molecule has 1 unspecified atom stereocenters. The molecular formula is C14H18N2. The van der Waals surface area contributed by atoms with Crippen LogP contribution >= 0.6 is 0 Å². The predicted molar refractivity (Wildman–Crippen MR) is 66.6 cm³/mol. The van der Waals surface area contributed by atoms with Gasteiger partial charge >= 0.3 is 0 Å². The van der Waals surface area contributed by atoms with Gasteiger partial charge in [-0.2, -0.15) is 0 Å². The number of hydrogen-bond donors (Lipinski definition) is 1. The molecule has 1 aliphatic heterocycles. The van der Waals surface area contributed by atoms with Gasteiger partial charge in [0.25, 0.3) is 0 Å². The summed E-state index contributed by atoms with van der Waals surface area (Å²) in [7, 11) is 0. The summed E-state index contributed by atoms with van der Waals surface area (Å²) in [5.41, 5.74) is 5.38. The van der Waals surface area contributed by atoms with E-state index < -0.39 is 0 Å². The average Bonchev–Trinajstić information content (AvgIpc) is 2.77. The zero-order valence-corrected chi connectivity index (χ0v) is 9.79. The maximum Gasteiger partial charge on any atom is 0.0667 e. The van der Waals surface area contributed by atoms with Gasteiger partial charge in [0.2, 0.25) is 0 Å². The molecule has 1 aromatic heterocycles. The predicted octanol–water partition coefficient (Wildman–Crippen LogP) is 2.43. The number of nitrogens with zero attached hydrogens (tertiary/aromatic N) is 1. The maximum atomic E-state index is 4.60. The molecule has 1 aromatic rings. The van der Waals surface area contributed by atoms with E-state index in [-0.39, 0.29) is 0 Å². The first kappa shape index (κ1) is 10.0. The van der Waals surface area contributed by atoms with E-state index in [0.717, 1.165) is 18.7 Å². The first-order chi connectivity index (χ1) is 7.84. The summed E-state index contributed by atoms with van der Waals surface area (Å²) in [6.07, 6.45) is 8.10. The Balaban J connectivity index is 2.00. The normalized spacial score (nSPS) is 23.4. The summed E-state index contributed by atoms with van der Waals surface area (Å²) in [5, 5.41) is 3.50. The van der Waals surface area contributed by atoms with E-state index in [4.69, 9.17) is 0 Å². The second kappa shape index (κ2) is 4.02. The van der Waals surface area contributed by atoms with Gasteiger partial charge < -0.3 is 5.32 Å². The van der Waals surface area contributed by atoms with Crippen LogP contribution in [-0.4, -0.2) is 18.1 Å². The number of aromatic nitrogens is 1. The monoisotopic (exact) mass is 214 g/mol. The van der Waals surface area contributed by atoms with Crippen LogP contribution in [0.3, 0.4) is 0 Å². The summed E-state index contributed by atoms with van der Waals surface area (Å²) < 4.78 is 0. The number of allylic oxidation sites excluding steroid dienone is 1. The molecule has 2 nitrogen and oxygen atoms in total.